The summed E-state index contributed by atoms with van der Waals surface area (Å²) in [6, 6.07) is 0. The predicted octanol–water partition coefficient (Wildman–Crippen LogP) is 4.91. The van der Waals surface area contributed by atoms with Gasteiger partial charge in [0.2, 0.25) is 0 Å². The molecule has 2 saturated carbocycles. The summed E-state index contributed by atoms with van der Waals surface area (Å²) >= 11 is 6.67. The molecule has 1 aliphatic heterocycles. The van der Waals surface area contributed by atoms with E-state index in [2.05, 4.69) is 0 Å². The minimum absolute atomic E-state index is 0.270. The first kappa shape index (κ1) is 13.2. The SMILES string of the molecule is ClC1CCCCCC1C1CCOC2(CCCC2)C1. The highest BCUT2D eigenvalue weighted by Gasteiger charge is 2.43. The van der Waals surface area contributed by atoms with Gasteiger partial charge in [-0.05, 0) is 50.4 Å². The number of halogens is 1. The van der Waals surface area contributed by atoms with Crippen LogP contribution in [0.5, 0.6) is 0 Å². The maximum atomic E-state index is 6.67. The summed E-state index contributed by atoms with van der Waals surface area (Å²) in [5.41, 5.74) is 0.270. The molecule has 0 aromatic carbocycles. The van der Waals surface area contributed by atoms with Crippen LogP contribution in [-0.2, 0) is 4.74 Å². The second-order valence-electron chi connectivity index (χ2n) is 6.81. The molecule has 3 fully saturated rings. The van der Waals surface area contributed by atoms with Gasteiger partial charge in [0.25, 0.3) is 0 Å². The van der Waals surface area contributed by atoms with Gasteiger partial charge in [0.15, 0.2) is 0 Å². The zero-order chi connectivity index (χ0) is 12.4. The Bertz CT molecular complexity index is 272. The standard InChI is InChI=1S/C16H27ClO/c17-15-7-3-1-2-6-14(15)13-8-11-18-16(12-13)9-4-5-10-16/h13-15H,1-12H2. The summed E-state index contributed by atoms with van der Waals surface area (Å²) in [5.74, 6) is 1.62. The van der Waals surface area contributed by atoms with Crippen molar-refractivity contribution in [1.82, 2.24) is 0 Å². The van der Waals surface area contributed by atoms with Crippen LogP contribution in [0.4, 0.5) is 0 Å². The summed E-state index contributed by atoms with van der Waals surface area (Å²) in [5, 5.41) is 0.439. The lowest BCUT2D eigenvalue weighted by Crippen LogP contribution is -2.41. The average Bonchev–Trinajstić information content (AvgIpc) is 2.70. The van der Waals surface area contributed by atoms with E-state index in [0.717, 1.165) is 18.4 Å². The van der Waals surface area contributed by atoms with Crippen molar-refractivity contribution in [2.75, 3.05) is 6.61 Å². The maximum Gasteiger partial charge on any atom is 0.0685 e. The van der Waals surface area contributed by atoms with Gasteiger partial charge in [-0.3, -0.25) is 0 Å². The molecule has 1 heterocycles. The van der Waals surface area contributed by atoms with E-state index in [-0.39, 0.29) is 5.60 Å². The fourth-order valence-electron chi connectivity index (χ4n) is 4.62. The molecule has 3 rings (SSSR count). The number of hydrogen-bond acceptors (Lipinski definition) is 1. The van der Waals surface area contributed by atoms with E-state index >= 15 is 0 Å². The first-order valence-electron chi connectivity index (χ1n) is 8.07. The molecule has 0 aromatic heterocycles. The quantitative estimate of drug-likeness (QED) is 0.486. The Balaban J connectivity index is 1.67. The Hall–Kier alpha value is 0.250. The van der Waals surface area contributed by atoms with Crippen molar-refractivity contribution in [2.24, 2.45) is 11.8 Å². The molecule has 1 nitrogen and oxygen atoms in total. The van der Waals surface area contributed by atoms with Crippen LogP contribution in [-0.4, -0.2) is 17.6 Å². The molecular formula is C16H27ClO. The van der Waals surface area contributed by atoms with Crippen LogP contribution < -0.4 is 0 Å². The smallest absolute Gasteiger partial charge is 0.0685 e. The highest BCUT2D eigenvalue weighted by Crippen LogP contribution is 2.47. The molecule has 3 atom stereocenters. The van der Waals surface area contributed by atoms with Crippen molar-refractivity contribution in [2.45, 2.75) is 81.6 Å². The van der Waals surface area contributed by atoms with Crippen molar-refractivity contribution in [3.05, 3.63) is 0 Å². The Labute approximate surface area is 117 Å². The Kier molecular flexibility index (Phi) is 4.20. The third-order valence-corrected chi connectivity index (χ3v) is 6.18. The highest BCUT2D eigenvalue weighted by molar-refractivity contribution is 6.20. The van der Waals surface area contributed by atoms with E-state index in [1.54, 1.807) is 0 Å². The van der Waals surface area contributed by atoms with Gasteiger partial charge in [-0.1, -0.05) is 32.1 Å². The molecule has 0 amide bonds. The van der Waals surface area contributed by atoms with Gasteiger partial charge in [0.1, 0.15) is 0 Å². The second kappa shape index (κ2) is 5.71. The average molecular weight is 271 g/mol. The van der Waals surface area contributed by atoms with Gasteiger partial charge < -0.3 is 4.74 Å². The zero-order valence-electron chi connectivity index (χ0n) is 11.5. The van der Waals surface area contributed by atoms with Crippen LogP contribution in [0.1, 0.15) is 70.6 Å². The van der Waals surface area contributed by atoms with Gasteiger partial charge in [-0.2, -0.15) is 0 Å². The minimum Gasteiger partial charge on any atom is -0.375 e. The van der Waals surface area contributed by atoms with Crippen molar-refractivity contribution in [3.63, 3.8) is 0 Å². The zero-order valence-corrected chi connectivity index (χ0v) is 12.3. The lowest BCUT2D eigenvalue weighted by molar-refractivity contribution is -0.102. The fraction of sp³-hybridized carbons (Fsp3) is 1.00. The van der Waals surface area contributed by atoms with Gasteiger partial charge in [0.05, 0.1) is 5.60 Å². The van der Waals surface area contributed by atoms with E-state index in [1.165, 1.54) is 70.6 Å². The lowest BCUT2D eigenvalue weighted by Gasteiger charge is -2.42. The third-order valence-electron chi connectivity index (χ3n) is 5.63. The van der Waals surface area contributed by atoms with Crippen molar-refractivity contribution >= 4 is 11.6 Å². The molecule has 0 radical (unpaired) electrons. The van der Waals surface area contributed by atoms with Crippen LogP contribution in [0, 0.1) is 11.8 Å². The molecule has 1 spiro atoms. The van der Waals surface area contributed by atoms with E-state index in [1.807, 2.05) is 0 Å². The number of ether oxygens (including phenoxy) is 1. The predicted molar refractivity (Wildman–Crippen MR) is 76.1 cm³/mol. The Morgan fingerprint density at radius 1 is 0.889 bits per heavy atom. The molecular weight excluding hydrogens is 244 g/mol. The fourth-order valence-corrected chi connectivity index (χ4v) is 5.11. The highest BCUT2D eigenvalue weighted by atomic mass is 35.5. The monoisotopic (exact) mass is 270 g/mol. The topological polar surface area (TPSA) is 9.23 Å². The molecule has 0 aromatic rings. The molecule has 2 heteroatoms. The van der Waals surface area contributed by atoms with Crippen molar-refractivity contribution in [3.8, 4) is 0 Å². The van der Waals surface area contributed by atoms with Crippen LogP contribution >= 0.6 is 11.6 Å². The van der Waals surface area contributed by atoms with Crippen LogP contribution in [0.2, 0.25) is 0 Å². The van der Waals surface area contributed by atoms with Crippen molar-refractivity contribution in [1.29, 1.82) is 0 Å². The molecule has 104 valence electrons. The summed E-state index contributed by atoms with van der Waals surface area (Å²) in [7, 11) is 0. The summed E-state index contributed by atoms with van der Waals surface area (Å²) in [6.45, 7) is 0.991. The first-order chi connectivity index (χ1) is 8.79. The summed E-state index contributed by atoms with van der Waals surface area (Å²) in [6.07, 6.45) is 14.7. The van der Waals surface area contributed by atoms with Gasteiger partial charge in [-0.25, -0.2) is 0 Å². The molecule has 0 N–H and O–H groups in total. The normalized spacial score (nSPS) is 40.8. The lowest BCUT2D eigenvalue weighted by atomic mass is 9.75. The third kappa shape index (κ3) is 2.72. The summed E-state index contributed by atoms with van der Waals surface area (Å²) in [4.78, 5) is 0. The molecule has 0 bridgehead atoms. The second-order valence-corrected chi connectivity index (χ2v) is 7.37. The van der Waals surface area contributed by atoms with Crippen LogP contribution in [0.15, 0.2) is 0 Å². The molecule has 2 aliphatic carbocycles. The van der Waals surface area contributed by atoms with Crippen LogP contribution in [0.3, 0.4) is 0 Å². The molecule has 3 unspecified atom stereocenters. The minimum atomic E-state index is 0.270. The molecule has 3 aliphatic rings. The largest absolute Gasteiger partial charge is 0.375 e. The van der Waals surface area contributed by atoms with Gasteiger partial charge >= 0.3 is 0 Å². The van der Waals surface area contributed by atoms with Gasteiger partial charge in [-0.15, -0.1) is 11.6 Å². The van der Waals surface area contributed by atoms with Crippen LogP contribution in [0.25, 0.3) is 0 Å². The summed E-state index contributed by atoms with van der Waals surface area (Å²) < 4.78 is 6.17. The van der Waals surface area contributed by atoms with E-state index < -0.39 is 0 Å². The van der Waals surface area contributed by atoms with Crippen molar-refractivity contribution < 1.29 is 4.74 Å². The number of hydrogen-bond donors (Lipinski definition) is 0. The van der Waals surface area contributed by atoms with E-state index in [4.69, 9.17) is 16.3 Å². The number of rotatable bonds is 1. The molecule has 1 saturated heterocycles. The first-order valence-corrected chi connectivity index (χ1v) is 8.51. The van der Waals surface area contributed by atoms with E-state index in [9.17, 15) is 0 Å². The maximum absolute atomic E-state index is 6.67. The number of alkyl halides is 1. The Morgan fingerprint density at radius 2 is 1.67 bits per heavy atom. The van der Waals surface area contributed by atoms with Gasteiger partial charge in [0, 0.05) is 12.0 Å². The Morgan fingerprint density at radius 3 is 2.50 bits per heavy atom. The van der Waals surface area contributed by atoms with E-state index in [0.29, 0.717) is 5.38 Å². The molecule has 18 heavy (non-hydrogen) atoms.